The lowest BCUT2D eigenvalue weighted by Gasteiger charge is -2.10. The Hall–Kier alpha value is -1.84. The molecule has 1 unspecified atom stereocenters. The summed E-state index contributed by atoms with van der Waals surface area (Å²) in [6.07, 6.45) is 11.3. The first-order valence-electron chi connectivity index (χ1n) is 6.88. The van der Waals surface area contributed by atoms with Gasteiger partial charge < -0.3 is 10.3 Å². The smallest absolute Gasteiger partial charge is 0.163 e. The third kappa shape index (κ3) is 2.95. The molecule has 1 aromatic heterocycles. The average molecular weight is 258 g/mol. The zero-order chi connectivity index (χ0) is 13.8. The topological polar surface area (TPSA) is 56.7 Å². The molecule has 0 aromatic carbocycles. The predicted octanol–water partition coefficient (Wildman–Crippen LogP) is 3.00. The van der Waals surface area contributed by atoms with E-state index >= 15 is 0 Å². The highest BCUT2D eigenvalue weighted by Crippen LogP contribution is 2.29. The van der Waals surface area contributed by atoms with E-state index in [-0.39, 0.29) is 0 Å². The summed E-state index contributed by atoms with van der Waals surface area (Å²) < 4.78 is 2.25. The van der Waals surface area contributed by atoms with Crippen LogP contribution in [0.4, 0.5) is 0 Å². The molecule has 102 valence electrons. The summed E-state index contributed by atoms with van der Waals surface area (Å²) in [6, 6.07) is 0.487. The Labute approximate surface area is 114 Å². The molecule has 0 radical (unpaired) electrons. The van der Waals surface area contributed by atoms with Gasteiger partial charge in [0.2, 0.25) is 0 Å². The fourth-order valence-corrected chi connectivity index (χ4v) is 2.38. The zero-order valence-corrected chi connectivity index (χ0v) is 11.9. The summed E-state index contributed by atoms with van der Waals surface area (Å²) in [5.41, 5.74) is 7.56. The molecule has 1 aromatic rings. The number of nitrogens with two attached hydrogens (primary N) is 1. The van der Waals surface area contributed by atoms with Gasteiger partial charge in [0, 0.05) is 23.7 Å². The van der Waals surface area contributed by atoms with E-state index in [0.29, 0.717) is 6.04 Å². The Morgan fingerprint density at radius 1 is 1.47 bits per heavy atom. The molecule has 19 heavy (non-hydrogen) atoms. The van der Waals surface area contributed by atoms with Crippen LogP contribution >= 0.6 is 0 Å². The van der Waals surface area contributed by atoms with Crippen LogP contribution in [0.2, 0.25) is 0 Å². The molecule has 0 fully saturated rings. The monoisotopic (exact) mass is 258 g/mol. The highest BCUT2D eigenvalue weighted by molar-refractivity contribution is 5.70. The van der Waals surface area contributed by atoms with Gasteiger partial charge in [0.1, 0.15) is 5.82 Å². The van der Waals surface area contributed by atoms with Crippen molar-refractivity contribution in [3.63, 3.8) is 0 Å². The van der Waals surface area contributed by atoms with Crippen LogP contribution in [0.15, 0.2) is 30.0 Å². The maximum absolute atomic E-state index is 5.64. The summed E-state index contributed by atoms with van der Waals surface area (Å²) in [4.78, 5) is 0. The van der Waals surface area contributed by atoms with Gasteiger partial charge in [-0.3, -0.25) is 0 Å². The molecule has 0 saturated heterocycles. The lowest BCUT2D eigenvalue weighted by molar-refractivity contribution is 0.571. The molecule has 2 heterocycles. The second kappa shape index (κ2) is 5.87. The fraction of sp³-hybridized carbons (Fsp3) is 0.467. The first-order chi connectivity index (χ1) is 9.13. The van der Waals surface area contributed by atoms with Gasteiger partial charge in [0.05, 0.1) is 0 Å². The third-order valence-electron chi connectivity index (χ3n) is 3.31. The predicted molar refractivity (Wildman–Crippen MR) is 78.4 cm³/mol. The number of rotatable bonds is 4. The highest BCUT2D eigenvalue weighted by atomic mass is 15.3. The van der Waals surface area contributed by atoms with Crippen LogP contribution in [0.25, 0.3) is 5.57 Å². The van der Waals surface area contributed by atoms with Gasteiger partial charge in [0.25, 0.3) is 0 Å². The molecule has 1 atom stereocenters. The number of fused-ring (bicyclic) bond motifs is 1. The van der Waals surface area contributed by atoms with Crippen LogP contribution in [0.1, 0.15) is 51.3 Å². The number of hydrogen-bond donors (Lipinski definition) is 1. The van der Waals surface area contributed by atoms with E-state index in [4.69, 9.17) is 5.73 Å². The maximum Gasteiger partial charge on any atom is 0.163 e. The van der Waals surface area contributed by atoms with E-state index in [1.165, 1.54) is 0 Å². The standard InChI is InChI=1S/C15H22N4/c1-4-6-13(8-5-7-11(2)16)15-18-17-14-10-9-12(3)19(14)15/h5-8,12H,4,9-10,16H2,1-3H3/b8-5-,11-7+,13-6-. The van der Waals surface area contributed by atoms with Crippen molar-refractivity contribution in [3.05, 3.63) is 41.6 Å². The summed E-state index contributed by atoms with van der Waals surface area (Å²) in [5.74, 6) is 2.07. The second-order valence-electron chi connectivity index (χ2n) is 5.04. The largest absolute Gasteiger partial charge is 0.402 e. The third-order valence-corrected chi connectivity index (χ3v) is 3.31. The molecule has 1 aliphatic heterocycles. The number of allylic oxidation sites excluding steroid dienone is 6. The summed E-state index contributed by atoms with van der Waals surface area (Å²) in [6.45, 7) is 6.23. The van der Waals surface area contributed by atoms with Crippen LogP contribution in [-0.2, 0) is 6.42 Å². The minimum Gasteiger partial charge on any atom is -0.402 e. The van der Waals surface area contributed by atoms with E-state index in [1.54, 1.807) is 0 Å². The van der Waals surface area contributed by atoms with Gasteiger partial charge in [-0.25, -0.2) is 0 Å². The van der Waals surface area contributed by atoms with E-state index < -0.39 is 0 Å². The van der Waals surface area contributed by atoms with Crippen molar-refractivity contribution >= 4 is 5.57 Å². The van der Waals surface area contributed by atoms with Crippen LogP contribution < -0.4 is 5.73 Å². The number of hydrogen-bond acceptors (Lipinski definition) is 3. The number of aromatic nitrogens is 3. The molecule has 4 nitrogen and oxygen atoms in total. The van der Waals surface area contributed by atoms with Crippen molar-refractivity contribution in [1.29, 1.82) is 0 Å². The van der Waals surface area contributed by atoms with Gasteiger partial charge in [-0.1, -0.05) is 25.2 Å². The molecule has 0 saturated carbocycles. The average Bonchev–Trinajstić information content (AvgIpc) is 2.92. The fourth-order valence-electron chi connectivity index (χ4n) is 2.38. The molecule has 2 rings (SSSR count). The molecule has 0 amide bonds. The molecule has 2 N–H and O–H groups in total. The molecule has 1 aliphatic rings. The van der Waals surface area contributed by atoms with Gasteiger partial charge in [-0.05, 0) is 32.8 Å². The van der Waals surface area contributed by atoms with Gasteiger partial charge in [-0.15, -0.1) is 10.2 Å². The van der Waals surface area contributed by atoms with Crippen molar-refractivity contribution < 1.29 is 0 Å². The van der Waals surface area contributed by atoms with Crippen molar-refractivity contribution in [2.75, 3.05) is 0 Å². The molecule has 0 spiro atoms. The number of nitrogens with zero attached hydrogens (tertiary/aromatic N) is 3. The first kappa shape index (κ1) is 13.6. The van der Waals surface area contributed by atoms with Gasteiger partial charge in [-0.2, -0.15) is 0 Å². The molecular weight excluding hydrogens is 236 g/mol. The Morgan fingerprint density at radius 3 is 2.95 bits per heavy atom. The summed E-state index contributed by atoms with van der Waals surface area (Å²) >= 11 is 0. The van der Waals surface area contributed by atoms with Crippen molar-refractivity contribution in [2.45, 2.75) is 46.1 Å². The van der Waals surface area contributed by atoms with Crippen molar-refractivity contribution in [2.24, 2.45) is 5.73 Å². The van der Waals surface area contributed by atoms with E-state index in [0.717, 1.165) is 42.2 Å². The van der Waals surface area contributed by atoms with Gasteiger partial charge in [0.15, 0.2) is 5.82 Å². The Morgan fingerprint density at radius 2 is 2.26 bits per heavy atom. The molecule has 0 bridgehead atoms. The number of aryl methyl sites for hydroxylation is 1. The Kier molecular flexibility index (Phi) is 4.20. The van der Waals surface area contributed by atoms with E-state index in [1.807, 2.05) is 19.1 Å². The Balaban J connectivity index is 2.34. The summed E-state index contributed by atoms with van der Waals surface area (Å²) in [5, 5.41) is 8.64. The minimum absolute atomic E-state index is 0.487. The molecule has 4 heteroatoms. The maximum atomic E-state index is 5.64. The highest BCUT2D eigenvalue weighted by Gasteiger charge is 2.24. The Bertz CT molecular complexity index is 530. The second-order valence-corrected chi connectivity index (χ2v) is 5.04. The zero-order valence-electron chi connectivity index (χ0n) is 11.9. The van der Waals surface area contributed by atoms with Crippen LogP contribution in [0.5, 0.6) is 0 Å². The van der Waals surface area contributed by atoms with Crippen LogP contribution in [-0.4, -0.2) is 14.8 Å². The first-order valence-corrected chi connectivity index (χ1v) is 6.88. The van der Waals surface area contributed by atoms with Crippen molar-refractivity contribution in [3.8, 4) is 0 Å². The SMILES string of the molecule is CC/C=C(/C=C\C=C(/C)N)c1nnc2n1C(C)CC2. The quantitative estimate of drug-likeness (QED) is 0.845. The minimum atomic E-state index is 0.487. The van der Waals surface area contributed by atoms with Crippen LogP contribution in [0.3, 0.4) is 0 Å². The van der Waals surface area contributed by atoms with Crippen LogP contribution in [0, 0.1) is 0 Å². The van der Waals surface area contributed by atoms with E-state index in [2.05, 4.69) is 40.8 Å². The molecule has 0 aliphatic carbocycles. The normalized spacial score (nSPS) is 20.3. The van der Waals surface area contributed by atoms with Crippen molar-refractivity contribution in [1.82, 2.24) is 14.8 Å². The molecular formula is C15H22N4. The lowest BCUT2D eigenvalue weighted by Crippen LogP contribution is -2.04. The van der Waals surface area contributed by atoms with E-state index in [9.17, 15) is 0 Å². The lowest BCUT2D eigenvalue weighted by atomic mass is 10.1. The van der Waals surface area contributed by atoms with Gasteiger partial charge >= 0.3 is 0 Å². The summed E-state index contributed by atoms with van der Waals surface area (Å²) in [7, 11) is 0.